The molecule has 1 amide bonds. The Morgan fingerprint density at radius 1 is 1.44 bits per heavy atom. The van der Waals surface area contributed by atoms with Crippen LogP contribution in [0, 0.1) is 0 Å². The van der Waals surface area contributed by atoms with Crippen LogP contribution < -0.4 is 10.2 Å². The van der Waals surface area contributed by atoms with Crippen molar-refractivity contribution in [2.75, 3.05) is 18.0 Å². The van der Waals surface area contributed by atoms with Gasteiger partial charge >= 0.3 is 0 Å². The maximum Gasteiger partial charge on any atom is 0.223 e. The van der Waals surface area contributed by atoms with E-state index in [1.165, 1.54) is 5.56 Å². The fourth-order valence-corrected chi connectivity index (χ4v) is 2.62. The predicted molar refractivity (Wildman–Crippen MR) is 74.7 cm³/mol. The number of rotatable bonds is 3. The van der Waals surface area contributed by atoms with E-state index in [0.717, 1.165) is 38.0 Å². The number of carbonyl (C=O) groups excluding carboxylic acids is 1. The summed E-state index contributed by atoms with van der Waals surface area (Å²) in [7, 11) is 0. The van der Waals surface area contributed by atoms with Gasteiger partial charge in [0.1, 0.15) is 0 Å². The molecule has 3 heteroatoms. The van der Waals surface area contributed by atoms with E-state index in [0.29, 0.717) is 6.04 Å². The number of anilines is 1. The molecule has 18 heavy (non-hydrogen) atoms. The molecule has 1 unspecified atom stereocenters. The normalized spacial score (nSPS) is 19.2. The van der Waals surface area contributed by atoms with E-state index in [4.69, 9.17) is 0 Å². The Labute approximate surface area is 109 Å². The molecule has 0 spiro atoms. The highest BCUT2D eigenvalue weighted by atomic mass is 16.2. The van der Waals surface area contributed by atoms with Crippen LogP contribution in [0.4, 0.5) is 5.69 Å². The van der Waals surface area contributed by atoms with Gasteiger partial charge in [-0.1, -0.05) is 25.1 Å². The number of fused-ring (bicyclic) bond motifs is 1. The molecule has 1 heterocycles. The van der Waals surface area contributed by atoms with Crippen molar-refractivity contribution in [3.8, 4) is 0 Å². The molecule has 1 aliphatic rings. The van der Waals surface area contributed by atoms with Crippen molar-refractivity contribution in [1.29, 1.82) is 0 Å². The maximum absolute atomic E-state index is 11.7. The molecule has 0 fully saturated rings. The highest BCUT2D eigenvalue weighted by Crippen LogP contribution is 2.32. The van der Waals surface area contributed by atoms with Gasteiger partial charge < -0.3 is 10.2 Å². The van der Waals surface area contributed by atoms with E-state index in [2.05, 4.69) is 30.4 Å². The van der Waals surface area contributed by atoms with Gasteiger partial charge in [0.15, 0.2) is 0 Å². The third-order valence-electron chi connectivity index (χ3n) is 3.50. The van der Waals surface area contributed by atoms with Gasteiger partial charge in [-0.3, -0.25) is 4.79 Å². The fourth-order valence-electron chi connectivity index (χ4n) is 2.62. The quantitative estimate of drug-likeness (QED) is 0.889. The van der Waals surface area contributed by atoms with Crippen LogP contribution in [0.1, 0.15) is 44.7 Å². The Morgan fingerprint density at radius 2 is 2.22 bits per heavy atom. The second-order valence-electron chi connectivity index (χ2n) is 4.88. The van der Waals surface area contributed by atoms with Gasteiger partial charge in [0, 0.05) is 25.2 Å². The second kappa shape index (κ2) is 6.01. The molecule has 3 nitrogen and oxygen atoms in total. The van der Waals surface area contributed by atoms with Crippen LogP contribution in [-0.4, -0.2) is 19.0 Å². The Bertz CT molecular complexity index is 417. The second-order valence-corrected chi connectivity index (χ2v) is 4.88. The van der Waals surface area contributed by atoms with Gasteiger partial charge in [-0.25, -0.2) is 0 Å². The maximum atomic E-state index is 11.7. The lowest BCUT2D eigenvalue weighted by Crippen LogP contribution is -2.29. The molecule has 0 saturated carbocycles. The summed E-state index contributed by atoms with van der Waals surface area (Å²) in [6, 6.07) is 8.65. The number of hydrogen-bond acceptors (Lipinski definition) is 2. The van der Waals surface area contributed by atoms with Crippen molar-refractivity contribution >= 4 is 11.6 Å². The van der Waals surface area contributed by atoms with Crippen molar-refractivity contribution in [2.45, 2.75) is 39.2 Å². The summed E-state index contributed by atoms with van der Waals surface area (Å²) in [5.41, 5.74) is 2.34. The molecular formula is C15H22N2O. The summed E-state index contributed by atoms with van der Waals surface area (Å²) in [5.74, 6) is 0.138. The Hall–Kier alpha value is -1.35. The van der Waals surface area contributed by atoms with E-state index >= 15 is 0 Å². The molecule has 1 atom stereocenters. The molecule has 1 aromatic rings. The number of amides is 1. The summed E-state index contributed by atoms with van der Waals surface area (Å²) >= 11 is 0. The summed E-state index contributed by atoms with van der Waals surface area (Å²) < 4.78 is 0. The molecule has 1 N–H and O–H groups in total. The Kier molecular flexibility index (Phi) is 4.37. The van der Waals surface area contributed by atoms with Crippen LogP contribution in [0.15, 0.2) is 24.3 Å². The molecule has 0 aromatic heterocycles. The molecular weight excluding hydrogens is 224 g/mol. The first-order valence-corrected chi connectivity index (χ1v) is 6.84. The van der Waals surface area contributed by atoms with Crippen molar-refractivity contribution in [3.05, 3.63) is 29.8 Å². The highest BCUT2D eigenvalue weighted by molar-refractivity contribution is 5.92. The van der Waals surface area contributed by atoms with Gasteiger partial charge in [0.2, 0.25) is 5.91 Å². The molecule has 0 aliphatic carbocycles. The number of carbonyl (C=O) groups is 1. The van der Waals surface area contributed by atoms with E-state index in [9.17, 15) is 4.79 Å². The van der Waals surface area contributed by atoms with E-state index in [1.54, 1.807) is 6.92 Å². The number of nitrogens with zero attached hydrogens (tertiary/aromatic N) is 1. The van der Waals surface area contributed by atoms with Crippen molar-refractivity contribution < 1.29 is 4.79 Å². The zero-order valence-electron chi connectivity index (χ0n) is 11.3. The van der Waals surface area contributed by atoms with E-state index in [1.807, 2.05) is 11.0 Å². The minimum atomic E-state index is 0.138. The lowest BCUT2D eigenvalue weighted by Gasteiger charge is -2.23. The lowest BCUT2D eigenvalue weighted by atomic mass is 10.0. The molecule has 0 radical (unpaired) electrons. The van der Waals surface area contributed by atoms with Gasteiger partial charge in [-0.2, -0.15) is 0 Å². The minimum absolute atomic E-state index is 0.138. The Balaban J connectivity index is 2.32. The number of para-hydroxylation sites is 1. The third kappa shape index (κ3) is 2.72. The summed E-state index contributed by atoms with van der Waals surface area (Å²) in [4.78, 5) is 13.6. The average Bonchev–Trinajstić information content (AvgIpc) is 2.56. The van der Waals surface area contributed by atoms with Crippen LogP contribution in [0.5, 0.6) is 0 Å². The molecule has 1 aliphatic heterocycles. The number of benzene rings is 1. The predicted octanol–water partition coefficient (Wildman–Crippen LogP) is 2.87. The zero-order valence-corrected chi connectivity index (χ0v) is 11.3. The van der Waals surface area contributed by atoms with Gasteiger partial charge in [0.05, 0.1) is 0 Å². The first kappa shape index (κ1) is 13.1. The Morgan fingerprint density at radius 3 is 2.94 bits per heavy atom. The zero-order chi connectivity index (χ0) is 13.0. The van der Waals surface area contributed by atoms with Crippen LogP contribution in [0.2, 0.25) is 0 Å². The van der Waals surface area contributed by atoms with Crippen LogP contribution in [-0.2, 0) is 4.79 Å². The van der Waals surface area contributed by atoms with Crippen molar-refractivity contribution in [3.63, 3.8) is 0 Å². The van der Waals surface area contributed by atoms with Crippen molar-refractivity contribution in [2.24, 2.45) is 0 Å². The van der Waals surface area contributed by atoms with E-state index < -0.39 is 0 Å². The summed E-state index contributed by atoms with van der Waals surface area (Å²) in [6.07, 6.45) is 3.28. The molecule has 2 rings (SSSR count). The summed E-state index contributed by atoms with van der Waals surface area (Å²) in [5, 5.41) is 3.59. The minimum Gasteiger partial charge on any atom is -0.312 e. The van der Waals surface area contributed by atoms with Crippen LogP contribution >= 0.6 is 0 Å². The first-order valence-electron chi connectivity index (χ1n) is 6.84. The van der Waals surface area contributed by atoms with Gasteiger partial charge in [-0.05, 0) is 37.4 Å². The average molecular weight is 246 g/mol. The SMILES string of the molecule is CCCNC1CCCN(C(C)=O)c2ccccc21. The van der Waals surface area contributed by atoms with Crippen LogP contribution in [0.3, 0.4) is 0 Å². The molecule has 0 bridgehead atoms. The lowest BCUT2D eigenvalue weighted by molar-refractivity contribution is -0.116. The molecule has 0 saturated heterocycles. The van der Waals surface area contributed by atoms with Gasteiger partial charge in [-0.15, -0.1) is 0 Å². The van der Waals surface area contributed by atoms with Crippen molar-refractivity contribution in [1.82, 2.24) is 5.32 Å². The largest absolute Gasteiger partial charge is 0.312 e. The smallest absolute Gasteiger partial charge is 0.223 e. The monoisotopic (exact) mass is 246 g/mol. The number of nitrogens with one attached hydrogen (secondary N) is 1. The first-order chi connectivity index (χ1) is 8.74. The topological polar surface area (TPSA) is 32.3 Å². The fraction of sp³-hybridized carbons (Fsp3) is 0.533. The standard InChI is InChI=1S/C15H22N2O/c1-3-10-16-14-8-6-11-17(12(2)18)15-9-5-4-7-13(14)15/h4-5,7,9,14,16H,3,6,8,10-11H2,1-2H3. The number of hydrogen-bond donors (Lipinski definition) is 1. The molecule has 98 valence electrons. The van der Waals surface area contributed by atoms with Crippen LogP contribution in [0.25, 0.3) is 0 Å². The summed E-state index contributed by atoms with van der Waals surface area (Å²) in [6.45, 7) is 5.68. The van der Waals surface area contributed by atoms with Gasteiger partial charge in [0.25, 0.3) is 0 Å². The third-order valence-corrected chi connectivity index (χ3v) is 3.50. The van der Waals surface area contributed by atoms with E-state index in [-0.39, 0.29) is 5.91 Å². The highest BCUT2D eigenvalue weighted by Gasteiger charge is 2.23. The molecule has 1 aromatic carbocycles.